The van der Waals surface area contributed by atoms with E-state index in [2.05, 4.69) is 10.6 Å². The number of hydrogen-bond acceptors (Lipinski definition) is 9. The fourth-order valence-corrected chi connectivity index (χ4v) is 5.92. The number of rotatable bonds is 20. The van der Waals surface area contributed by atoms with Crippen molar-refractivity contribution in [3.63, 3.8) is 0 Å². The zero-order valence-corrected chi connectivity index (χ0v) is 24.0. The number of Topliss-reactive ketones (excluding diaryl/α,β-unsaturated/α-hetero) is 1. The summed E-state index contributed by atoms with van der Waals surface area (Å²) in [6.07, 6.45) is 3.57. The summed E-state index contributed by atoms with van der Waals surface area (Å²) in [4.78, 5) is 70.4. The number of unbranched alkanes of at least 4 members (excludes halogenated alkanes) is 1. The average Bonchev–Trinajstić information content (AvgIpc) is 3.26. The first-order valence-corrected chi connectivity index (χ1v) is 14.4. The normalized spacial score (nSPS) is 15.0. The molecule has 1 aromatic rings. The van der Waals surface area contributed by atoms with Gasteiger partial charge in [-0.15, -0.1) is 11.3 Å². The molecule has 0 saturated heterocycles. The monoisotopic (exact) mass is 597 g/mol. The van der Waals surface area contributed by atoms with Gasteiger partial charge in [0.1, 0.15) is 6.61 Å². The second-order valence-electron chi connectivity index (χ2n) is 9.99. The van der Waals surface area contributed by atoms with Gasteiger partial charge in [0.05, 0.1) is 31.8 Å². The summed E-state index contributed by atoms with van der Waals surface area (Å²) in [5.74, 6) is -4.72. The second kappa shape index (κ2) is 17.5. The minimum absolute atomic E-state index is 0.00462. The Balaban J connectivity index is 1.57. The number of carbonyl (C=O) groups excluding carboxylic acids is 4. The zero-order chi connectivity index (χ0) is 30.4. The van der Waals surface area contributed by atoms with E-state index in [0.717, 1.165) is 29.1 Å². The summed E-state index contributed by atoms with van der Waals surface area (Å²) in [6.45, 7) is 3.24. The lowest BCUT2D eigenvalue weighted by Crippen LogP contribution is -2.31. The van der Waals surface area contributed by atoms with Gasteiger partial charge in [0, 0.05) is 35.2 Å². The molecule has 1 aliphatic carbocycles. The smallest absolute Gasteiger partial charge is 0.372 e. The van der Waals surface area contributed by atoms with Crippen LogP contribution >= 0.6 is 11.3 Å². The fraction of sp³-hybridized carbons (Fsp3) is 0.630. The highest BCUT2D eigenvalue weighted by molar-refractivity contribution is 7.12. The summed E-state index contributed by atoms with van der Waals surface area (Å²) in [5, 5.41) is 24.0. The standard InChI is InChI=1S/C27H39N3O10S/c1-16(25(28)34)4-2-3-7-29-23(33)15-40-11-10-39-9-8-30-22(32)13-17-5-6-18-20(12-17)41-21(24(18)27(37)38)14-19(31)26(35)36/h16-17H,2-15H2,1H3,(H2,28,34)(H,29,33)(H,30,32)(H,35,36)(H,37,38)/t16-,17?/m0/s1. The molecule has 0 saturated carbocycles. The SMILES string of the molecule is C[C@@H](CCCCNC(=O)COCCOCCNC(=O)CC1CCc2c(sc(CC(=O)C(=O)O)c2C(=O)O)C1)C(N)=O. The zero-order valence-electron chi connectivity index (χ0n) is 23.2. The molecule has 1 unspecified atom stereocenters. The van der Waals surface area contributed by atoms with Gasteiger partial charge in [-0.2, -0.15) is 0 Å². The predicted molar refractivity (Wildman–Crippen MR) is 148 cm³/mol. The molecule has 0 spiro atoms. The molecule has 0 radical (unpaired) electrons. The lowest BCUT2D eigenvalue weighted by molar-refractivity contribution is -0.148. The van der Waals surface area contributed by atoms with E-state index in [0.29, 0.717) is 44.3 Å². The van der Waals surface area contributed by atoms with Crippen molar-refractivity contribution in [2.45, 2.75) is 58.3 Å². The molecule has 2 atom stereocenters. The maximum absolute atomic E-state index is 12.4. The van der Waals surface area contributed by atoms with Crippen LogP contribution in [0.4, 0.5) is 0 Å². The minimum Gasteiger partial charge on any atom is -0.478 e. The Labute approximate surface area is 242 Å². The minimum atomic E-state index is -1.60. The second-order valence-corrected chi connectivity index (χ2v) is 11.2. The van der Waals surface area contributed by atoms with Gasteiger partial charge < -0.3 is 36.1 Å². The Morgan fingerprint density at radius 2 is 1.71 bits per heavy atom. The van der Waals surface area contributed by atoms with Crippen molar-refractivity contribution < 1.29 is 48.5 Å². The third-order valence-corrected chi connectivity index (χ3v) is 7.99. The number of nitrogens with one attached hydrogen (secondary N) is 2. The molecule has 0 fully saturated rings. The number of fused-ring (bicyclic) bond motifs is 1. The van der Waals surface area contributed by atoms with Crippen molar-refractivity contribution in [1.82, 2.24) is 10.6 Å². The summed E-state index contributed by atoms with van der Waals surface area (Å²) in [6, 6.07) is 0. The van der Waals surface area contributed by atoms with Gasteiger partial charge in [-0.1, -0.05) is 13.3 Å². The Bertz CT molecular complexity index is 1100. The molecule has 2 rings (SSSR count). The van der Waals surface area contributed by atoms with Gasteiger partial charge in [-0.3, -0.25) is 19.2 Å². The number of aliphatic carboxylic acids is 1. The third kappa shape index (κ3) is 12.0. The lowest BCUT2D eigenvalue weighted by atomic mass is 9.84. The van der Waals surface area contributed by atoms with Crippen LogP contribution in [0.2, 0.25) is 0 Å². The molecule has 6 N–H and O–H groups in total. The number of primary amides is 1. The summed E-state index contributed by atoms with van der Waals surface area (Å²) in [7, 11) is 0. The van der Waals surface area contributed by atoms with Crippen LogP contribution in [0.1, 0.15) is 64.7 Å². The molecule has 228 valence electrons. The van der Waals surface area contributed by atoms with Crippen LogP contribution in [0.3, 0.4) is 0 Å². The average molecular weight is 598 g/mol. The fourth-order valence-electron chi connectivity index (χ4n) is 4.46. The number of nitrogens with two attached hydrogens (primary N) is 1. The van der Waals surface area contributed by atoms with Crippen LogP contribution in [-0.4, -0.2) is 85.2 Å². The number of amides is 3. The van der Waals surface area contributed by atoms with E-state index in [-0.39, 0.29) is 72.8 Å². The molecular weight excluding hydrogens is 558 g/mol. The molecule has 0 aromatic carbocycles. The molecule has 0 bridgehead atoms. The highest BCUT2D eigenvalue weighted by Crippen LogP contribution is 2.38. The molecule has 1 aromatic heterocycles. The molecule has 41 heavy (non-hydrogen) atoms. The maximum atomic E-state index is 12.4. The highest BCUT2D eigenvalue weighted by Gasteiger charge is 2.31. The van der Waals surface area contributed by atoms with Gasteiger partial charge >= 0.3 is 11.9 Å². The number of thiophene rings is 1. The first kappa shape index (κ1) is 33.8. The number of carbonyl (C=O) groups is 6. The molecule has 3 amide bonds. The van der Waals surface area contributed by atoms with E-state index < -0.39 is 24.1 Å². The molecule has 14 heteroatoms. The quantitative estimate of drug-likeness (QED) is 0.105. The topological polar surface area (TPSA) is 211 Å². The predicted octanol–water partition coefficient (Wildman–Crippen LogP) is 0.695. The van der Waals surface area contributed by atoms with Gasteiger partial charge in [0.2, 0.25) is 23.5 Å². The first-order chi connectivity index (χ1) is 19.5. The van der Waals surface area contributed by atoms with Crippen LogP contribution in [0.5, 0.6) is 0 Å². The Hall–Kier alpha value is -3.36. The van der Waals surface area contributed by atoms with Crippen molar-refractivity contribution >= 4 is 46.8 Å². The van der Waals surface area contributed by atoms with Crippen molar-refractivity contribution in [1.29, 1.82) is 0 Å². The van der Waals surface area contributed by atoms with Crippen LogP contribution in [0.25, 0.3) is 0 Å². The van der Waals surface area contributed by atoms with E-state index in [4.69, 9.17) is 20.3 Å². The molecular formula is C27H39N3O10S. The molecule has 1 aliphatic rings. The van der Waals surface area contributed by atoms with E-state index >= 15 is 0 Å². The van der Waals surface area contributed by atoms with Gasteiger partial charge in [0.25, 0.3) is 0 Å². The number of ketones is 1. The summed E-state index contributed by atoms with van der Waals surface area (Å²) in [5.41, 5.74) is 5.86. The Morgan fingerprint density at radius 1 is 1.00 bits per heavy atom. The third-order valence-electron chi connectivity index (χ3n) is 6.73. The van der Waals surface area contributed by atoms with Crippen LogP contribution in [0, 0.1) is 11.8 Å². The summed E-state index contributed by atoms with van der Waals surface area (Å²) < 4.78 is 10.7. The largest absolute Gasteiger partial charge is 0.478 e. The number of ether oxygens (including phenoxy) is 2. The molecule has 0 aliphatic heterocycles. The number of aromatic carboxylic acids is 1. The number of carboxylic acid groups (broad SMARTS) is 2. The van der Waals surface area contributed by atoms with Crippen molar-refractivity contribution in [3.05, 3.63) is 20.9 Å². The Kier molecular flexibility index (Phi) is 14.4. The van der Waals surface area contributed by atoms with E-state index in [1.54, 1.807) is 6.92 Å². The van der Waals surface area contributed by atoms with Crippen LogP contribution in [-0.2, 0) is 52.7 Å². The Morgan fingerprint density at radius 3 is 2.39 bits per heavy atom. The van der Waals surface area contributed by atoms with Gasteiger partial charge in [-0.25, -0.2) is 9.59 Å². The first-order valence-electron chi connectivity index (χ1n) is 13.6. The van der Waals surface area contributed by atoms with Crippen LogP contribution < -0.4 is 16.4 Å². The van der Waals surface area contributed by atoms with Gasteiger partial charge in [0.15, 0.2) is 0 Å². The molecule has 13 nitrogen and oxygen atoms in total. The number of carboxylic acids is 2. The lowest BCUT2D eigenvalue weighted by Gasteiger charge is -2.22. The van der Waals surface area contributed by atoms with E-state index in [9.17, 15) is 33.9 Å². The highest BCUT2D eigenvalue weighted by atomic mass is 32.1. The van der Waals surface area contributed by atoms with E-state index in [1.807, 2.05) is 0 Å². The number of hydrogen-bond donors (Lipinski definition) is 5. The van der Waals surface area contributed by atoms with Crippen molar-refractivity contribution in [2.75, 3.05) is 39.5 Å². The van der Waals surface area contributed by atoms with Crippen molar-refractivity contribution in [2.24, 2.45) is 17.6 Å². The summed E-state index contributed by atoms with van der Waals surface area (Å²) >= 11 is 1.14. The van der Waals surface area contributed by atoms with Gasteiger partial charge in [-0.05, 0) is 43.6 Å². The molecule has 1 heterocycles. The maximum Gasteiger partial charge on any atom is 0.372 e. The van der Waals surface area contributed by atoms with Crippen LogP contribution in [0.15, 0.2) is 0 Å². The van der Waals surface area contributed by atoms with E-state index in [1.165, 1.54) is 0 Å². The van der Waals surface area contributed by atoms with Crippen molar-refractivity contribution in [3.8, 4) is 0 Å².